The van der Waals surface area contributed by atoms with Gasteiger partial charge in [0.05, 0.1) is 28.5 Å². The minimum absolute atomic E-state index is 0.164. The molecule has 1 unspecified atom stereocenters. The third-order valence-corrected chi connectivity index (χ3v) is 7.29. The van der Waals surface area contributed by atoms with Crippen LogP contribution in [-0.4, -0.2) is 38.1 Å². The highest BCUT2D eigenvalue weighted by atomic mass is 32.1. The van der Waals surface area contributed by atoms with E-state index in [-0.39, 0.29) is 11.9 Å². The van der Waals surface area contributed by atoms with E-state index in [1.807, 2.05) is 32.4 Å². The molecule has 0 amide bonds. The second kappa shape index (κ2) is 11.9. The van der Waals surface area contributed by atoms with Crippen molar-refractivity contribution in [2.24, 2.45) is 7.05 Å². The average Bonchev–Trinajstić information content (AvgIpc) is 3.60. The SMILES string of the molecule is CNC(C)c1nc2scc(C#Cc3cnn(C)c3)c2cc1-c1ccccc1.Nc1ncc2cccnc2c1C=O. The van der Waals surface area contributed by atoms with Crippen molar-refractivity contribution >= 4 is 44.6 Å². The number of anilines is 1. The summed E-state index contributed by atoms with van der Waals surface area (Å²) in [6, 6.07) is 16.4. The highest BCUT2D eigenvalue weighted by molar-refractivity contribution is 7.17. The first-order chi connectivity index (χ1) is 19.5. The first-order valence-corrected chi connectivity index (χ1v) is 13.5. The molecule has 40 heavy (non-hydrogen) atoms. The molecule has 0 radical (unpaired) electrons. The third-order valence-electron chi connectivity index (χ3n) is 6.40. The number of pyridine rings is 3. The van der Waals surface area contributed by atoms with Crippen LogP contribution < -0.4 is 11.1 Å². The van der Waals surface area contributed by atoms with Gasteiger partial charge in [-0.05, 0) is 37.7 Å². The highest BCUT2D eigenvalue weighted by Crippen LogP contribution is 2.34. The number of rotatable bonds is 4. The Kier molecular flexibility index (Phi) is 7.92. The number of thiophene rings is 1. The summed E-state index contributed by atoms with van der Waals surface area (Å²) >= 11 is 1.64. The number of nitrogens with one attached hydrogen (secondary N) is 1. The molecule has 5 heterocycles. The smallest absolute Gasteiger partial charge is 0.155 e. The number of benzene rings is 1. The third kappa shape index (κ3) is 5.59. The minimum atomic E-state index is 0.164. The van der Waals surface area contributed by atoms with Crippen molar-refractivity contribution in [3.63, 3.8) is 0 Å². The molecule has 0 saturated carbocycles. The Balaban J connectivity index is 0.000000207. The summed E-state index contributed by atoms with van der Waals surface area (Å²) in [5, 5.41) is 11.5. The second-order valence-electron chi connectivity index (χ2n) is 9.07. The zero-order chi connectivity index (χ0) is 28.1. The van der Waals surface area contributed by atoms with Gasteiger partial charge in [0.1, 0.15) is 10.6 Å². The van der Waals surface area contributed by atoms with Crippen molar-refractivity contribution in [3.05, 3.63) is 101 Å². The van der Waals surface area contributed by atoms with Gasteiger partial charge in [-0.1, -0.05) is 42.2 Å². The van der Waals surface area contributed by atoms with E-state index in [0.29, 0.717) is 17.4 Å². The fourth-order valence-corrected chi connectivity index (χ4v) is 5.06. The number of aryl methyl sites for hydroxylation is 1. The summed E-state index contributed by atoms with van der Waals surface area (Å²) in [7, 11) is 3.86. The maximum Gasteiger partial charge on any atom is 0.155 e. The highest BCUT2D eigenvalue weighted by Gasteiger charge is 2.16. The zero-order valence-electron chi connectivity index (χ0n) is 22.3. The predicted molar refractivity (Wildman–Crippen MR) is 161 cm³/mol. The van der Waals surface area contributed by atoms with Crippen molar-refractivity contribution < 1.29 is 4.79 Å². The molecule has 198 valence electrons. The van der Waals surface area contributed by atoms with Crippen LogP contribution in [0.2, 0.25) is 0 Å². The Morgan fingerprint density at radius 2 is 1.93 bits per heavy atom. The summed E-state index contributed by atoms with van der Waals surface area (Å²) in [5.41, 5.74) is 11.8. The van der Waals surface area contributed by atoms with E-state index < -0.39 is 0 Å². The average molecular weight is 546 g/mol. The first kappa shape index (κ1) is 26.7. The summed E-state index contributed by atoms with van der Waals surface area (Å²) in [6.07, 6.45) is 7.60. The number of aldehydes is 1. The van der Waals surface area contributed by atoms with Gasteiger partial charge >= 0.3 is 0 Å². The number of nitrogens with two attached hydrogens (primary N) is 1. The summed E-state index contributed by atoms with van der Waals surface area (Å²) < 4.78 is 1.76. The largest absolute Gasteiger partial charge is 0.383 e. The number of nitrogens with zero attached hydrogens (tertiary/aromatic N) is 5. The molecule has 9 heteroatoms. The number of hydrogen-bond donors (Lipinski definition) is 2. The molecule has 0 saturated heterocycles. The minimum Gasteiger partial charge on any atom is -0.383 e. The van der Waals surface area contributed by atoms with Gasteiger partial charge < -0.3 is 11.1 Å². The second-order valence-corrected chi connectivity index (χ2v) is 9.93. The standard InChI is InChI=1S/C22H20N4S.C9H7N3O/c1-15(23-2)21-19(17-7-5-4-6-8-17)11-20-18(14-27-22(20)25-21)10-9-16-12-24-26(3)13-16;10-9-7(5-13)8-6(4-12-9)2-1-3-11-8/h4-8,11-15,23H,1-3H3;1-5H,(H2,10,12). The molecular weight excluding hydrogens is 518 g/mol. The molecule has 8 nitrogen and oxygen atoms in total. The van der Waals surface area contributed by atoms with Crippen LogP contribution in [0.5, 0.6) is 0 Å². The van der Waals surface area contributed by atoms with Crippen LogP contribution in [0.25, 0.3) is 32.2 Å². The molecular formula is C31H27N7OS. The predicted octanol–water partition coefficient (Wildman–Crippen LogP) is 5.40. The van der Waals surface area contributed by atoms with E-state index in [2.05, 4.69) is 74.9 Å². The van der Waals surface area contributed by atoms with E-state index in [1.165, 1.54) is 5.56 Å². The number of carbonyl (C=O) groups excluding carboxylic acids is 1. The molecule has 6 rings (SSSR count). The molecule has 0 spiro atoms. The van der Waals surface area contributed by atoms with Crippen LogP contribution in [0.1, 0.15) is 40.1 Å². The molecule has 0 bridgehead atoms. The Hall–Kier alpha value is -4.91. The number of fused-ring (bicyclic) bond motifs is 2. The van der Waals surface area contributed by atoms with Gasteiger partial charge in [-0.3, -0.25) is 14.5 Å². The zero-order valence-corrected chi connectivity index (χ0v) is 23.1. The lowest BCUT2D eigenvalue weighted by Crippen LogP contribution is -2.15. The van der Waals surface area contributed by atoms with Gasteiger partial charge in [0.25, 0.3) is 0 Å². The van der Waals surface area contributed by atoms with Crippen molar-refractivity contribution in [3.8, 4) is 23.0 Å². The van der Waals surface area contributed by atoms with Crippen LogP contribution >= 0.6 is 11.3 Å². The fraction of sp³-hybridized carbons (Fsp3) is 0.129. The summed E-state index contributed by atoms with van der Waals surface area (Å²) in [5.74, 6) is 6.71. The number of hydrogen-bond acceptors (Lipinski definition) is 8. The monoisotopic (exact) mass is 545 g/mol. The van der Waals surface area contributed by atoms with Crippen molar-refractivity contribution in [1.29, 1.82) is 0 Å². The first-order valence-electron chi connectivity index (χ1n) is 12.6. The molecule has 5 aromatic heterocycles. The maximum absolute atomic E-state index is 10.7. The van der Waals surface area contributed by atoms with Crippen molar-refractivity contribution in [1.82, 2.24) is 30.0 Å². The number of aromatic nitrogens is 5. The lowest BCUT2D eigenvalue weighted by Gasteiger charge is -2.15. The molecule has 3 N–H and O–H groups in total. The Bertz CT molecular complexity index is 1870. The Morgan fingerprint density at radius 1 is 1.10 bits per heavy atom. The maximum atomic E-state index is 10.7. The van der Waals surface area contributed by atoms with Gasteiger partial charge in [-0.15, -0.1) is 11.3 Å². The van der Waals surface area contributed by atoms with Crippen LogP contribution in [0, 0.1) is 11.8 Å². The Labute approximate surface area is 235 Å². The normalized spacial score (nSPS) is 11.4. The van der Waals surface area contributed by atoms with E-state index >= 15 is 0 Å². The molecule has 0 aliphatic heterocycles. The topological polar surface area (TPSA) is 112 Å². The van der Waals surface area contributed by atoms with Crippen LogP contribution in [0.15, 0.2) is 78.7 Å². The van der Waals surface area contributed by atoms with Crippen molar-refractivity contribution in [2.45, 2.75) is 13.0 Å². The molecule has 0 aliphatic carbocycles. The summed E-state index contributed by atoms with van der Waals surface area (Å²) in [6.45, 7) is 2.14. The molecule has 0 fully saturated rings. The van der Waals surface area contributed by atoms with E-state index in [0.717, 1.165) is 38.0 Å². The lowest BCUT2D eigenvalue weighted by molar-refractivity contribution is 0.112. The Morgan fingerprint density at radius 3 is 2.65 bits per heavy atom. The molecule has 6 aromatic rings. The van der Waals surface area contributed by atoms with E-state index in [1.54, 1.807) is 40.7 Å². The molecule has 1 atom stereocenters. The number of carbonyl (C=O) groups is 1. The van der Waals surface area contributed by atoms with Gasteiger partial charge in [-0.2, -0.15) is 5.10 Å². The molecule has 0 aliphatic rings. The van der Waals surface area contributed by atoms with Crippen LogP contribution in [-0.2, 0) is 7.05 Å². The van der Waals surface area contributed by atoms with Crippen LogP contribution in [0.4, 0.5) is 5.82 Å². The van der Waals surface area contributed by atoms with Gasteiger partial charge in [-0.25, -0.2) is 9.97 Å². The van der Waals surface area contributed by atoms with Gasteiger partial charge in [0.15, 0.2) is 6.29 Å². The van der Waals surface area contributed by atoms with Gasteiger partial charge in [0, 0.05) is 59.0 Å². The lowest BCUT2D eigenvalue weighted by atomic mass is 9.99. The summed E-state index contributed by atoms with van der Waals surface area (Å²) in [4.78, 5) is 24.6. The fourth-order valence-electron chi connectivity index (χ4n) is 4.20. The quantitative estimate of drug-likeness (QED) is 0.225. The number of nitrogen functional groups attached to an aromatic ring is 1. The molecule has 1 aromatic carbocycles. The van der Waals surface area contributed by atoms with Crippen molar-refractivity contribution in [2.75, 3.05) is 12.8 Å². The van der Waals surface area contributed by atoms with Crippen LogP contribution in [0.3, 0.4) is 0 Å². The van der Waals surface area contributed by atoms with E-state index in [4.69, 9.17) is 10.7 Å². The van der Waals surface area contributed by atoms with E-state index in [9.17, 15) is 4.79 Å². The van der Waals surface area contributed by atoms with Gasteiger partial charge in [0.2, 0.25) is 0 Å².